The topological polar surface area (TPSA) is 80.1 Å². The van der Waals surface area contributed by atoms with Gasteiger partial charge in [-0.1, -0.05) is 0 Å². The number of carbonyl (C=O) groups excluding carboxylic acids is 2. The molecule has 3 heterocycles. The number of hydrogen-bond acceptors (Lipinski definition) is 5. The summed E-state index contributed by atoms with van der Waals surface area (Å²) < 4.78 is 53.1. The van der Waals surface area contributed by atoms with Gasteiger partial charge in [0, 0.05) is 31.7 Å². The Hall–Kier alpha value is -3.76. The Bertz CT molecular complexity index is 1120. The number of amides is 1. The van der Waals surface area contributed by atoms with Crippen molar-refractivity contribution in [2.75, 3.05) is 23.8 Å². The molecule has 0 fully saturated rings. The number of halogens is 4. The largest absolute Gasteiger partial charge is 0.419 e. The third kappa shape index (κ3) is 4.61. The van der Waals surface area contributed by atoms with E-state index in [4.69, 9.17) is 0 Å². The molecular weight excluding hydrogens is 430 g/mol. The number of rotatable bonds is 3. The maximum atomic E-state index is 13.8. The summed E-state index contributed by atoms with van der Waals surface area (Å²) in [5.41, 5.74) is -0.260. The highest BCUT2D eigenvalue weighted by atomic mass is 19.4. The van der Waals surface area contributed by atoms with Gasteiger partial charge in [-0.3, -0.25) is 19.3 Å². The van der Waals surface area contributed by atoms with Crippen molar-refractivity contribution >= 4 is 23.6 Å². The van der Waals surface area contributed by atoms with Crippen molar-refractivity contribution in [2.24, 2.45) is 0 Å². The minimum Gasteiger partial charge on any atom is -0.387 e. The number of nitrogens with zero attached hydrogens (tertiary/aromatic N) is 4. The number of nitrogens with one attached hydrogen (secondary N) is 1. The average molecular weight is 449 g/mol. The smallest absolute Gasteiger partial charge is 0.387 e. The standard InChI is InChI=1S/C15H11F4N3O2.C6H8N2/c1-8-6-21(14(24)13-9(7-23)5-20-22(8)13)10-2-3-11(12(16)4-10)15(17,18)19;1-7-6-3-2-4-8-5-6/h2-5,7-8H,6H2,1H3;2-5,7H,1H3. The molecular formula is C21H19F4N5O2. The molecule has 1 aromatic carbocycles. The van der Waals surface area contributed by atoms with Crippen LogP contribution in [-0.2, 0) is 6.18 Å². The zero-order valence-electron chi connectivity index (χ0n) is 17.1. The predicted molar refractivity (Wildman–Crippen MR) is 109 cm³/mol. The third-order valence-electron chi connectivity index (χ3n) is 4.78. The zero-order chi connectivity index (χ0) is 23.5. The molecule has 1 aliphatic rings. The third-order valence-corrected chi connectivity index (χ3v) is 4.78. The fraction of sp³-hybridized carbons (Fsp3) is 0.238. The summed E-state index contributed by atoms with van der Waals surface area (Å²) >= 11 is 0. The van der Waals surface area contributed by atoms with E-state index < -0.39 is 23.5 Å². The summed E-state index contributed by atoms with van der Waals surface area (Å²) in [5, 5.41) is 6.93. The fourth-order valence-electron chi connectivity index (χ4n) is 3.20. The minimum absolute atomic E-state index is 0.0124. The van der Waals surface area contributed by atoms with E-state index in [0.29, 0.717) is 18.4 Å². The van der Waals surface area contributed by atoms with Crippen molar-refractivity contribution in [3.05, 3.63) is 71.6 Å². The molecule has 0 aliphatic carbocycles. The molecule has 0 saturated heterocycles. The summed E-state index contributed by atoms with van der Waals surface area (Å²) in [5.74, 6) is -2.08. The lowest BCUT2D eigenvalue weighted by Gasteiger charge is -2.32. The molecule has 0 spiro atoms. The van der Waals surface area contributed by atoms with Crippen molar-refractivity contribution in [1.82, 2.24) is 14.8 Å². The van der Waals surface area contributed by atoms with E-state index in [1.165, 1.54) is 10.9 Å². The SMILES string of the molecule is CC1CN(c2ccc(C(F)(F)F)c(F)c2)C(=O)c2c(C=O)cnn21.CNc1cccnc1. The molecule has 0 saturated carbocycles. The van der Waals surface area contributed by atoms with Gasteiger partial charge < -0.3 is 10.2 Å². The molecule has 1 N–H and O–H groups in total. The van der Waals surface area contributed by atoms with Crippen molar-refractivity contribution in [3.8, 4) is 0 Å². The van der Waals surface area contributed by atoms with Crippen LogP contribution in [0, 0.1) is 5.82 Å². The van der Waals surface area contributed by atoms with E-state index in [9.17, 15) is 27.2 Å². The van der Waals surface area contributed by atoms with Crippen LogP contribution < -0.4 is 10.2 Å². The van der Waals surface area contributed by atoms with Crippen LogP contribution in [0.5, 0.6) is 0 Å². The van der Waals surface area contributed by atoms with Gasteiger partial charge in [0.1, 0.15) is 11.5 Å². The number of fused-ring (bicyclic) bond motifs is 1. The number of carbonyl (C=O) groups is 2. The van der Waals surface area contributed by atoms with Gasteiger partial charge in [0.15, 0.2) is 6.29 Å². The van der Waals surface area contributed by atoms with E-state index >= 15 is 0 Å². The van der Waals surface area contributed by atoms with Gasteiger partial charge in [0.25, 0.3) is 5.91 Å². The summed E-state index contributed by atoms with van der Waals surface area (Å²) in [7, 11) is 1.87. The Morgan fingerprint density at radius 3 is 2.50 bits per heavy atom. The van der Waals surface area contributed by atoms with E-state index in [-0.39, 0.29) is 29.5 Å². The first-order valence-electron chi connectivity index (χ1n) is 9.46. The first-order valence-corrected chi connectivity index (χ1v) is 9.46. The molecule has 11 heteroatoms. The summed E-state index contributed by atoms with van der Waals surface area (Å²) in [6.07, 6.45) is 0.430. The quantitative estimate of drug-likeness (QED) is 0.479. The minimum atomic E-state index is -4.81. The van der Waals surface area contributed by atoms with Crippen LogP contribution in [0.15, 0.2) is 48.9 Å². The number of alkyl halides is 3. The maximum absolute atomic E-state index is 13.8. The van der Waals surface area contributed by atoms with E-state index in [1.807, 2.05) is 19.2 Å². The van der Waals surface area contributed by atoms with Gasteiger partial charge in [-0.25, -0.2) is 4.39 Å². The molecule has 32 heavy (non-hydrogen) atoms. The Balaban J connectivity index is 0.000000305. The van der Waals surface area contributed by atoms with E-state index in [0.717, 1.165) is 16.7 Å². The fourth-order valence-corrected chi connectivity index (χ4v) is 3.20. The van der Waals surface area contributed by atoms with Gasteiger partial charge in [-0.05, 0) is 37.3 Å². The molecule has 1 unspecified atom stereocenters. The molecule has 2 aromatic heterocycles. The first kappa shape index (κ1) is 22.9. The van der Waals surface area contributed by atoms with Gasteiger partial charge in [-0.2, -0.15) is 18.3 Å². The number of anilines is 2. The number of hydrogen-bond donors (Lipinski definition) is 1. The lowest BCUT2D eigenvalue weighted by atomic mass is 10.1. The Labute approximate surface area is 180 Å². The normalized spacial score (nSPS) is 15.5. The van der Waals surface area contributed by atoms with Crippen LogP contribution in [0.25, 0.3) is 0 Å². The summed E-state index contributed by atoms with van der Waals surface area (Å²) in [6, 6.07) is 5.83. The highest BCUT2D eigenvalue weighted by Crippen LogP contribution is 2.34. The second-order valence-corrected chi connectivity index (χ2v) is 6.93. The Morgan fingerprint density at radius 2 is 1.97 bits per heavy atom. The molecule has 7 nitrogen and oxygen atoms in total. The first-order chi connectivity index (χ1) is 15.2. The van der Waals surface area contributed by atoms with Crippen LogP contribution in [0.2, 0.25) is 0 Å². The van der Waals surface area contributed by atoms with Crippen LogP contribution in [0.1, 0.15) is 39.4 Å². The number of aldehydes is 1. The number of benzene rings is 1. The maximum Gasteiger partial charge on any atom is 0.419 e. The summed E-state index contributed by atoms with van der Waals surface area (Å²) in [4.78, 5) is 28.6. The molecule has 3 aromatic rings. The van der Waals surface area contributed by atoms with Crippen molar-refractivity contribution in [2.45, 2.75) is 19.1 Å². The van der Waals surface area contributed by atoms with E-state index in [1.54, 1.807) is 19.3 Å². The molecule has 4 rings (SSSR count). The predicted octanol–water partition coefficient (Wildman–Crippen LogP) is 4.20. The van der Waals surface area contributed by atoms with Gasteiger partial charge in [0.05, 0.1) is 29.1 Å². The van der Waals surface area contributed by atoms with Gasteiger partial charge in [-0.15, -0.1) is 0 Å². The highest BCUT2D eigenvalue weighted by molar-refractivity contribution is 6.09. The van der Waals surface area contributed by atoms with E-state index in [2.05, 4.69) is 15.4 Å². The molecule has 0 bridgehead atoms. The molecule has 168 valence electrons. The van der Waals surface area contributed by atoms with Crippen LogP contribution in [0.3, 0.4) is 0 Å². The lowest BCUT2D eigenvalue weighted by Crippen LogP contribution is -2.43. The molecule has 1 amide bonds. The Morgan fingerprint density at radius 1 is 1.22 bits per heavy atom. The summed E-state index contributed by atoms with van der Waals surface area (Å²) in [6.45, 7) is 1.82. The van der Waals surface area contributed by atoms with Gasteiger partial charge in [0.2, 0.25) is 0 Å². The van der Waals surface area contributed by atoms with Crippen LogP contribution in [0.4, 0.5) is 28.9 Å². The monoisotopic (exact) mass is 449 g/mol. The number of pyridine rings is 1. The zero-order valence-corrected chi connectivity index (χ0v) is 17.1. The van der Waals surface area contributed by atoms with Crippen LogP contribution >= 0.6 is 0 Å². The molecule has 1 aliphatic heterocycles. The average Bonchev–Trinajstić information content (AvgIpc) is 3.21. The number of aromatic nitrogens is 3. The van der Waals surface area contributed by atoms with Crippen molar-refractivity contribution < 1.29 is 27.2 Å². The van der Waals surface area contributed by atoms with Crippen LogP contribution in [-0.4, -0.2) is 40.6 Å². The molecule has 1 atom stereocenters. The lowest BCUT2D eigenvalue weighted by molar-refractivity contribution is -0.139. The second-order valence-electron chi connectivity index (χ2n) is 6.93. The Kier molecular flexibility index (Phi) is 6.56. The van der Waals surface area contributed by atoms with Crippen molar-refractivity contribution in [3.63, 3.8) is 0 Å². The van der Waals surface area contributed by atoms with Gasteiger partial charge >= 0.3 is 6.18 Å². The molecule has 0 radical (unpaired) electrons. The van der Waals surface area contributed by atoms with Crippen molar-refractivity contribution in [1.29, 1.82) is 0 Å². The second kappa shape index (κ2) is 9.16. The highest BCUT2D eigenvalue weighted by Gasteiger charge is 2.36.